The number of oxazole rings is 1. The highest BCUT2D eigenvalue weighted by Crippen LogP contribution is 2.30. The number of anilines is 1. The van der Waals surface area contributed by atoms with Crippen molar-refractivity contribution in [3.63, 3.8) is 0 Å². The average Bonchev–Trinajstić information content (AvgIpc) is 3.08. The smallest absolute Gasteiger partial charge is 0.361 e. The van der Waals surface area contributed by atoms with E-state index in [-0.39, 0.29) is 12.3 Å². The number of esters is 1. The topological polar surface area (TPSA) is 68.5 Å². The quantitative estimate of drug-likeness (QED) is 0.662. The number of ether oxygens (including phenoxy) is 1. The molecule has 0 saturated heterocycles. The van der Waals surface area contributed by atoms with E-state index in [2.05, 4.69) is 9.97 Å². The van der Waals surface area contributed by atoms with Crippen LogP contribution in [0.4, 0.5) is 5.69 Å². The lowest BCUT2D eigenvalue weighted by Crippen LogP contribution is -2.08. The number of hydrogen-bond donors (Lipinski definition) is 0. The van der Waals surface area contributed by atoms with E-state index in [9.17, 15) is 4.79 Å². The largest absolute Gasteiger partial charge is 0.461 e. The van der Waals surface area contributed by atoms with Gasteiger partial charge in [0, 0.05) is 43.3 Å². The third-order valence-corrected chi connectivity index (χ3v) is 3.67. The lowest BCUT2D eigenvalue weighted by molar-refractivity contribution is 0.0520. The Kier molecular flexibility index (Phi) is 4.79. The fraction of sp³-hybridized carbons (Fsp3) is 0.211. The Balaban J connectivity index is 2.05. The molecule has 0 bridgehead atoms. The van der Waals surface area contributed by atoms with Gasteiger partial charge in [0.25, 0.3) is 0 Å². The third kappa shape index (κ3) is 3.52. The normalized spacial score (nSPS) is 10.5. The lowest BCUT2D eigenvalue weighted by Gasteiger charge is -2.11. The summed E-state index contributed by atoms with van der Waals surface area (Å²) >= 11 is 0. The predicted octanol–water partition coefficient (Wildman–Crippen LogP) is 3.65. The van der Waals surface area contributed by atoms with E-state index in [4.69, 9.17) is 9.15 Å². The maximum Gasteiger partial charge on any atom is 0.361 e. The summed E-state index contributed by atoms with van der Waals surface area (Å²) < 4.78 is 11.0. The molecule has 0 fully saturated rings. The van der Waals surface area contributed by atoms with Crippen LogP contribution in [-0.4, -0.2) is 36.6 Å². The number of rotatable bonds is 5. The summed E-state index contributed by atoms with van der Waals surface area (Å²) in [6.45, 7) is 2.03. The minimum atomic E-state index is -0.505. The van der Waals surface area contributed by atoms with Crippen molar-refractivity contribution in [1.29, 1.82) is 0 Å². The zero-order valence-electron chi connectivity index (χ0n) is 14.4. The van der Waals surface area contributed by atoms with Crippen LogP contribution in [0, 0.1) is 0 Å². The molecule has 0 atom stereocenters. The second kappa shape index (κ2) is 7.17. The summed E-state index contributed by atoms with van der Waals surface area (Å²) in [4.78, 5) is 22.6. The maximum absolute atomic E-state index is 12.3. The number of carbonyl (C=O) groups is 1. The lowest BCUT2D eigenvalue weighted by atomic mass is 10.2. The highest BCUT2D eigenvalue weighted by atomic mass is 16.5. The number of aromatic nitrogens is 2. The van der Waals surface area contributed by atoms with E-state index < -0.39 is 5.97 Å². The van der Waals surface area contributed by atoms with Crippen molar-refractivity contribution in [3.8, 4) is 22.8 Å². The molecule has 2 heterocycles. The molecule has 0 aliphatic heterocycles. The number of carbonyl (C=O) groups excluding carboxylic acids is 1. The first kappa shape index (κ1) is 16.7. The second-order valence-corrected chi connectivity index (χ2v) is 5.59. The molecule has 0 aliphatic carbocycles. The Labute approximate surface area is 146 Å². The van der Waals surface area contributed by atoms with Crippen molar-refractivity contribution in [2.75, 3.05) is 25.6 Å². The number of hydrogen-bond acceptors (Lipinski definition) is 6. The second-order valence-electron chi connectivity index (χ2n) is 5.59. The Morgan fingerprint density at radius 3 is 2.36 bits per heavy atom. The fourth-order valence-electron chi connectivity index (χ4n) is 2.38. The van der Waals surface area contributed by atoms with Gasteiger partial charge in [0.2, 0.25) is 5.89 Å². The van der Waals surface area contributed by atoms with Crippen LogP contribution in [0.5, 0.6) is 0 Å². The standard InChI is InChI=1S/C19H19N3O3/c1-4-24-19(23)16-17(13-9-11-20-12-10-13)25-18(21-16)14-5-7-15(8-6-14)22(2)3/h5-12H,4H2,1-3H3. The molecule has 1 aromatic carbocycles. The Morgan fingerprint density at radius 1 is 1.08 bits per heavy atom. The van der Waals surface area contributed by atoms with Crippen LogP contribution in [0.25, 0.3) is 22.8 Å². The molecule has 0 radical (unpaired) electrons. The Hall–Kier alpha value is -3.15. The van der Waals surface area contributed by atoms with E-state index in [1.165, 1.54) is 0 Å². The van der Waals surface area contributed by atoms with Crippen LogP contribution in [0.3, 0.4) is 0 Å². The van der Waals surface area contributed by atoms with Gasteiger partial charge in [-0.2, -0.15) is 0 Å². The third-order valence-electron chi connectivity index (χ3n) is 3.67. The molecule has 0 amide bonds. The molecule has 25 heavy (non-hydrogen) atoms. The monoisotopic (exact) mass is 337 g/mol. The zero-order chi connectivity index (χ0) is 17.8. The van der Waals surface area contributed by atoms with E-state index in [0.717, 1.165) is 16.8 Å². The average molecular weight is 337 g/mol. The Bertz CT molecular complexity index is 855. The molecule has 3 rings (SSSR count). The van der Waals surface area contributed by atoms with E-state index >= 15 is 0 Å². The Morgan fingerprint density at radius 2 is 1.76 bits per heavy atom. The molecule has 0 saturated carbocycles. The molecule has 6 heteroatoms. The van der Waals surface area contributed by atoms with Crippen LogP contribution in [0.15, 0.2) is 53.2 Å². The first-order chi connectivity index (χ1) is 12.1. The van der Waals surface area contributed by atoms with Gasteiger partial charge in [-0.1, -0.05) is 0 Å². The van der Waals surface area contributed by atoms with E-state index in [1.807, 2.05) is 43.3 Å². The number of benzene rings is 1. The number of pyridine rings is 1. The van der Waals surface area contributed by atoms with Crippen molar-refractivity contribution >= 4 is 11.7 Å². The van der Waals surface area contributed by atoms with Gasteiger partial charge in [-0.25, -0.2) is 9.78 Å². The van der Waals surface area contributed by atoms with Crippen molar-refractivity contribution in [1.82, 2.24) is 9.97 Å². The van der Waals surface area contributed by atoms with Gasteiger partial charge in [-0.05, 0) is 43.3 Å². The summed E-state index contributed by atoms with van der Waals surface area (Å²) in [5, 5.41) is 0. The van der Waals surface area contributed by atoms with Gasteiger partial charge < -0.3 is 14.1 Å². The maximum atomic E-state index is 12.3. The van der Waals surface area contributed by atoms with E-state index in [1.54, 1.807) is 31.5 Å². The number of nitrogens with zero attached hydrogens (tertiary/aromatic N) is 3. The van der Waals surface area contributed by atoms with Gasteiger partial charge in [0.15, 0.2) is 11.5 Å². The summed E-state index contributed by atoms with van der Waals surface area (Å²) in [5.41, 5.74) is 2.74. The van der Waals surface area contributed by atoms with Crippen molar-refractivity contribution in [3.05, 3.63) is 54.5 Å². The van der Waals surface area contributed by atoms with Crippen LogP contribution in [0.2, 0.25) is 0 Å². The molecule has 0 spiro atoms. The van der Waals surface area contributed by atoms with Crippen molar-refractivity contribution in [2.24, 2.45) is 0 Å². The van der Waals surface area contributed by atoms with Gasteiger partial charge in [-0.3, -0.25) is 4.98 Å². The molecule has 0 N–H and O–H groups in total. The van der Waals surface area contributed by atoms with Crippen LogP contribution in [0.1, 0.15) is 17.4 Å². The molecule has 128 valence electrons. The van der Waals surface area contributed by atoms with Crippen LogP contribution < -0.4 is 4.90 Å². The van der Waals surface area contributed by atoms with Crippen LogP contribution >= 0.6 is 0 Å². The highest BCUT2D eigenvalue weighted by Gasteiger charge is 2.23. The molecule has 6 nitrogen and oxygen atoms in total. The van der Waals surface area contributed by atoms with Gasteiger partial charge in [-0.15, -0.1) is 0 Å². The van der Waals surface area contributed by atoms with Crippen LogP contribution in [-0.2, 0) is 4.74 Å². The molecule has 3 aromatic rings. The summed E-state index contributed by atoms with van der Waals surface area (Å²) in [6.07, 6.45) is 3.27. The summed E-state index contributed by atoms with van der Waals surface area (Å²) in [7, 11) is 3.95. The molecule has 2 aromatic heterocycles. The van der Waals surface area contributed by atoms with Gasteiger partial charge in [0.05, 0.1) is 6.61 Å². The summed E-state index contributed by atoms with van der Waals surface area (Å²) in [6, 6.07) is 11.3. The molecule has 0 aliphatic rings. The first-order valence-corrected chi connectivity index (χ1v) is 7.96. The molecular formula is C19H19N3O3. The highest BCUT2D eigenvalue weighted by molar-refractivity contribution is 5.94. The minimum absolute atomic E-state index is 0.166. The molecule has 0 unspecified atom stereocenters. The van der Waals surface area contributed by atoms with Crippen molar-refractivity contribution < 1.29 is 13.9 Å². The SMILES string of the molecule is CCOC(=O)c1nc(-c2ccc(N(C)C)cc2)oc1-c1ccncc1. The zero-order valence-corrected chi connectivity index (χ0v) is 14.4. The molecular weight excluding hydrogens is 318 g/mol. The van der Waals surface area contributed by atoms with E-state index in [0.29, 0.717) is 11.7 Å². The van der Waals surface area contributed by atoms with Gasteiger partial charge >= 0.3 is 5.97 Å². The summed E-state index contributed by atoms with van der Waals surface area (Å²) in [5.74, 6) is 0.252. The van der Waals surface area contributed by atoms with Crippen molar-refractivity contribution in [2.45, 2.75) is 6.92 Å². The minimum Gasteiger partial charge on any atom is -0.461 e. The first-order valence-electron chi connectivity index (χ1n) is 7.96. The fourth-order valence-corrected chi connectivity index (χ4v) is 2.38. The van der Waals surface area contributed by atoms with Gasteiger partial charge in [0.1, 0.15) is 0 Å². The predicted molar refractivity (Wildman–Crippen MR) is 95.5 cm³/mol.